The topological polar surface area (TPSA) is 107 Å². The first kappa shape index (κ1) is 18.6. The molecule has 26 heavy (non-hydrogen) atoms. The number of hydrogen-bond donors (Lipinski definition) is 1. The molecule has 3 aromatic rings. The Hall–Kier alpha value is -2.20. The van der Waals surface area contributed by atoms with Gasteiger partial charge in [0.05, 0.1) is 28.0 Å². The van der Waals surface area contributed by atoms with Crippen LogP contribution in [0.5, 0.6) is 0 Å². The average molecular weight is 415 g/mol. The number of halogens is 2. The molecular formula is C15H12Cl2N4O4S. The van der Waals surface area contributed by atoms with E-state index in [0.29, 0.717) is 17.0 Å². The SMILES string of the molecule is Cc1oncc1CNS(=O)(=O)c1ccc(-n2ncc(Cl)c(Cl)c2=O)cc1. The molecule has 0 aliphatic heterocycles. The van der Waals surface area contributed by atoms with E-state index in [1.807, 2.05) is 0 Å². The lowest BCUT2D eigenvalue weighted by atomic mass is 10.3. The predicted octanol–water partition coefficient (Wildman–Crippen LogP) is 2.31. The van der Waals surface area contributed by atoms with Gasteiger partial charge >= 0.3 is 0 Å². The van der Waals surface area contributed by atoms with Crippen LogP contribution in [0.4, 0.5) is 0 Å². The Morgan fingerprint density at radius 2 is 1.88 bits per heavy atom. The molecular weight excluding hydrogens is 403 g/mol. The molecule has 3 rings (SSSR count). The van der Waals surface area contributed by atoms with Crippen molar-refractivity contribution in [2.45, 2.75) is 18.4 Å². The zero-order chi connectivity index (χ0) is 18.9. The summed E-state index contributed by atoms with van der Waals surface area (Å²) in [7, 11) is -3.75. The molecule has 1 N–H and O–H groups in total. The summed E-state index contributed by atoms with van der Waals surface area (Å²) in [5.41, 5.74) is 0.384. The van der Waals surface area contributed by atoms with Crippen molar-refractivity contribution in [2.24, 2.45) is 0 Å². The van der Waals surface area contributed by atoms with Gasteiger partial charge in [-0.05, 0) is 31.2 Å². The third kappa shape index (κ3) is 3.65. The van der Waals surface area contributed by atoms with Crippen molar-refractivity contribution < 1.29 is 12.9 Å². The number of hydrogen-bond acceptors (Lipinski definition) is 6. The van der Waals surface area contributed by atoms with Crippen molar-refractivity contribution in [3.8, 4) is 5.69 Å². The van der Waals surface area contributed by atoms with Gasteiger partial charge in [-0.1, -0.05) is 28.4 Å². The van der Waals surface area contributed by atoms with Crippen molar-refractivity contribution in [2.75, 3.05) is 0 Å². The number of benzene rings is 1. The fraction of sp³-hybridized carbons (Fsp3) is 0.133. The van der Waals surface area contributed by atoms with Crippen molar-refractivity contribution in [3.63, 3.8) is 0 Å². The third-order valence-corrected chi connectivity index (χ3v) is 5.74. The minimum Gasteiger partial charge on any atom is -0.361 e. The van der Waals surface area contributed by atoms with Gasteiger partial charge in [0, 0.05) is 12.1 Å². The molecule has 0 amide bonds. The average Bonchev–Trinajstić information content (AvgIpc) is 3.03. The van der Waals surface area contributed by atoms with Crippen LogP contribution >= 0.6 is 23.2 Å². The minimum absolute atomic E-state index is 0.0310. The Balaban J connectivity index is 1.84. The van der Waals surface area contributed by atoms with Crippen molar-refractivity contribution in [1.29, 1.82) is 0 Å². The molecule has 0 radical (unpaired) electrons. The lowest BCUT2D eigenvalue weighted by Gasteiger charge is -2.08. The highest BCUT2D eigenvalue weighted by Gasteiger charge is 2.16. The van der Waals surface area contributed by atoms with Crippen molar-refractivity contribution in [1.82, 2.24) is 19.7 Å². The quantitative estimate of drug-likeness (QED) is 0.686. The molecule has 0 atom stereocenters. The molecule has 8 nitrogen and oxygen atoms in total. The minimum atomic E-state index is -3.75. The zero-order valence-corrected chi connectivity index (χ0v) is 15.6. The van der Waals surface area contributed by atoms with Gasteiger partial charge < -0.3 is 4.52 Å². The fourth-order valence-corrected chi connectivity index (χ4v) is 3.37. The second kappa shape index (κ2) is 7.20. The fourth-order valence-electron chi connectivity index (χ4n) is 2.11. The molecule has 0 spiro atoms. The van der Waals surface area contributed by atoms with E-state index in [1.54, 1.807) is 6.92 Å². The first-order valence-electron chi connectivity index (χ1n) is 7.23. The van der Waals surface area contributed by atoms with E-state index in [9.17, 15) is 13.2 Å². The monoisotopic (exact) mass is 414 g/mol. The molecule has 2 heterocycles. The van der Waals surface area contributed by atoms with Crippen molar-refractivity contribution >= 4 is 33.2 Å². The van der Waals surface area contributed by atoms with Gasteiger partial charge in [-0.3, -0.25) is 4.79 Å². The maximum absolute atomic E-state index is 12.4. The van der Waals surface area contributed by atoms with Crippen LogP contribution in [0.3, 0.4) is 0 Å². The number of aromatic nitrogens is 3. The van der Waals surface area contributed by atoms with Crippen LogP contribution in [0, 0.1) is 6.92 Å². The second-order valence-corrected chi connectivity index (χ2v) is 7.80. The summed E-state index contributed by atoms with van der Waals surface area (Å²) in [6.45, 7) is 1.74. The summed E-state index contributed by atoms with van der Waals surface area (Å²) in [5.74, 6) is 0.535. The van der Waals surface area contributed by atoms with Crippen molar-refractivity contribution in [3.05, 3.63) is 68.4 Å². The second-order valence-electron chi connectivity index (χ2n) is 5.25. The molecule has 0 saturated carbocycles. The number of nitrogens with one attached hydrogen (secondary N) is 1. The van der Waals surface area contributed by atoms with Gasteiger partial charge in [0.1, 0.15) is 10.8 Å². The van der Waals surface area contributed by atoms with Crippen LogP contribution in [-0.2, 0) is 16.6 Å². The molecule has 11 heteroatoms. The molecule has 0 aliphatic carbocycles. The smallest absolute Gasteiger partial charge is 0.291 e. The Morgan fingerprint density at radius 3 is 2.50 bits per heavy atom. The van der Waals surface area contributed by atoms with Crippen LogP contribution in [0.25, 0.3) is 5.69 Å². The maximum Gasteiger partial charge on any atom is 0.291 e. The van der Waals surface area contributed by atoms with E-state index in [4.69, 9.17) is 27.7 Å². The molecule has 0 saturated heterocycles. The van der Waals surface area contributed by atoms with E-state index in [1.165, 1.54) is 36.7 Å². The summed E-state index contributed by atoms with van der Waals surface area (Å²) in [6, 6.07) is 5.60. The van der Waals surface area contributed by atoms with E-state index in [-0.39, 0.29) is 21.5 Å². The normalized spacial score (nSPS) is 11.7. The van der Waals surface area contributed by atoms with E-state index < -0.39 is 15.6 Å². The summed E-state index contributed by atoms with van der Waals surface area (Å²) in [4.78, 5) is 12.1. The summed E-state index contributed by atoms with van der Waals surface area (Å²) >= 11 is 11.6. The molecule has 0 bridgehead atoms. The van der Waals surface area contributed by atoms with E-state index >= 15 is 0 Å². The molecule has 136 valence electrons. The summed E-state index contributed by atoms with van der Waals surface area (Å²) < 4.78 is 33.1. The highest BCUT2D eigenvalue weighted by atomic mass is 35.5. The Bertz CT molecular complexity index is 1110. The first-order valence-corrected chi connectivity index (χ1v) is 9.47. The lowest BCUT2D eigenvalue weighted by molar-refractivity contribution is 0.396. The maximum atomic E-state index is 12.4. The van der Waals surface area contributed by atoms with Gasteiger partial charge in [-0.2, -0.15) is 9.78 Å². The number of aryl methyl sites for hydroxylation is 1. The van der Waals surface area contributed by atoms with E-state index in [0.717, 1.165) is 4.68 Å². The highest BCUT2D eigenvalue weighted by molar-refractivity contribution is 7.89. The molecule has 1 aromatic carbocycles. The largest absolute Gasteiger partial charge is 0.361 e. The number of rotatable bonds is 5. The van der Waals surface area contributed by atoms with Crippen LogP contribution in [0.2, 0.25) is 10.0 Å². The third-order valence-electron chi connectivity index (χ3n) is 3.57. The molecule has 0 fully saturated rings. The first-order chi connectivity index (χ1) is 12.3. The Kier molecular flexibility index (Phi) is 5.15. The van der Waals surface area contributed by atoms with Crippen LogP contribution in [0.1, 0.15) is 11.3 Å². The van der Waals surface area contributed by atoms with E-state index in [2.05, 4.69) is 15.0 Å². The van der Waals surface area contributed by atoms with Gasteiger partial charge in [0.25, 0.3) is 5.56 Å². The number of sulfonamides is 1. The van der Waals surface area contributed by atoms with Crippen LogP contribution in [0.15, 0.2) is 50.9 Å². The highest BCUT2D eigenvalue weighted by Crippen LogP contribution is 2.17. The molecule has 2 aromatic heterocycles. The lowest BCUT2D eigenvalue weighted by Crippen LogP contribution is -2.24. The van der Waals surface area contributed by atoms with Crippen LogP contribution in [-0.4, -0.2) is 23.4 Å². The van der Waals surface area contributed by atoms with Gasteiger partial charge in [-0.15, -0.1) is 0 Å². The predicted molar refractivity (Wildman–Crippen MR) is 95.1 cm³/mol. The molecule has 0 unspecified atom stereocenters. The standard InChI is InChI=1S/C15H12Cl2N4O4S/c1-9-10(6-19-25-9)7-20-26(23,24)12-4-2-11(3-5-12)21-15(22)14(17)13(16)8-18-21/h2-6,8,20H,7H2,1H3. The van der Waals surface area contributed by atoms with Gasteiger partial charge in [0.15, 0.2) is 0 Å². The van der Waals surface area contributed by atoms with Gasteiger partial charge in [-0.25, -0.2) is 13.1 Å². The Morgan fingerprint density at radius 1 is 1.19 bits per heavy atom. The van der Waals surface area contributed by atoms with Gasteiger partial charge in [0.2, 0.25) is 10.0 Å². The molecule has 0 aliphatic rings. The summed E-state index contributed by atoms with van der Waals surface area (Å²) in [6.07, 6.45) is 2.68. The summed E-state index contributed by atoms with van der Waals surface area (Å²) in [5, 5.41) is 7.36. The van der Waals surface area contributed by atoms with Crippen LogP contribution < -0.4 is 10.3 Å². The zero-order valence-electron chi connectivity index (χ0n) is 13.3. The number of nitrogens with zero attached hydrogens (tertiary/aromatic N) is 3. The Labute approximate surface area is 158 Å².